The number of amides is 2. The van der Waals surface area contributed by atoms with Gasteiger partial charge in [-0.3, -0.25) is 9.59 Å². The summed E-state index contributed by atoms with van der Waals surface area (Å²) in [6.07, 6.45) is 0.942. The van der Waals surface area contributed by atoms with Crippen molar-refractivity contribution in [3.8, 4) is 5.75 Å². The van der Waals surface area contributed by atoms with Gasteiger partial charge in [0.2, 0.25) is 0 Å². The fraction of sp³-hybridized carbons (Fsp3) is 0.333. The average molecular weight is 354 g/mol. The summed E-state index contributed by atoms with van der Waals surface area (Å²) in [5.41, 5.74) is 2.07. The Morgan fingerprint density at radius 1 is 0.885 bits per heavy atom. The van der Waals surface area contributed by atoms with E-state index in [2.05, 4.69) is 24.5 Å². The fourth-order valence-electron chi connectivity index (χ4n) is 2.38. The van der Waals surface area contributed by atoms with Gasteiger partial charge in [-0.1, -0.05) is 26.0 Å². The van der Waals surface area contributed by atoms with Crippen LogP contribution in [0.3, 0.4) is 0 Å². The van der Waals surface area contributed by atoms with Crippen LogP contribution in [0.15, 0.2) is 48.5 Å². The zero-order chi connectivity index (χ0) is 18.9. The quantitative estimate of drug-likeness (QED) is 0.763. The van der Waals surface area contributed by atoms with Crippen LogP contribution >= 0.6 is 0 Å². The highest BCUT2D eigenvalue weighted by molar-refractivity contribution is 5.97. The van der Waals surface area contributed by atoms with Gasteiger partial charge in [-0.2, -0.15) is 0 Å². The molecule has 0 unspecified atom stereocenters. The summed E-state index contributed by atoms with van der Waals surface area (Å²) in [4.78, 5) is 24.3. The van der Waals surface area contributed by atoms with Crippen LogP contribution in [-0.2, 0) is 6.54 Å². The molecule has 26 heavy (non-hydrogen) atoms. The number of ether oxygens (including phenoxy) is 1. The second-order valence-corrected chi connectivity index (χ2v) is 6.55. The Kier molecular flexibility index (Phi) is 7.21. The van der Waals surface area contributed by atoms with Crippen molar-refractivity contribution >= 4 is 11.8 Å². The summed E-state index contributed by atoms with van der Waals surface area (Å²) in [7, 11) is 1.62. The van der Waals surface area contributed by atoms with E-state index in [4.69, 9.17) is 4.74 Å². The van der Waals surface area contributed by atoms with E-state index in [1.54, 1.807) is 31.4 Å². The molecule has 5 nitrogen and oxygen atoms in total. The molecular weight excluding hydrogens is 328 g/mol. The van der Waals surface area contributed by atoms with E-state index in [-0.39, 0.29) is 11.8 Å². The van der Waals surface area contributed by atoms with Gasteiger partial charge < -0.3 is 15.4 Å². The smallest absolute Gasteiger partial charge is 0.251 e. The summed E-state index contributed by atoms with van der Waals surface area (Å²) in [6.45, 7) is 5.32. The first-order valence-electron chi connectivity index (χ1n) is 8.79. The van der Waals surface area contributed by atoms with E-state index in [0.29, 0.717) is 30.1 Å². The molecule has 2 aromatic rings. The predicted molar refractivity (Wildman–Crippen MR) is 102 cm³/mol. The van der Waals surface area contributed by atoms with E-state index in [0.717, 1.165) is 17.7 Å². The van der Waals surface area contributed by atoms with Crippen LogP contribution in [0.2, 0.25) is 0 Å². The van der Waals surface area contributed by atoms with Crippen LogP contribution in [0.4, 0.5) is 0 Å². The minimum atomic E-state index is -0.174. The predicted octanol–water partition coefficient (Wildman–Crippen LogP) is 3.40. The van der Waals surface area contributed by atoms with Gasteiger partial charge in [0.15, 0.2) is 0 Å². The lowest BCUT2D eigenvalue weighted by Crippen LogP contribution is -2.26. The van der Waals surface area contributed by atoms with E-state index in [1.807, 2.05) is 24.3 Å². The van der Waals surface area contributed by atoms with Gasteiger partial charge in [-0.05, 0) is 54.3 Å². The first-order chi connectivity index (χ1) is 12.5. The average Bonchev–Trinajstić information content (AvgIpc) is 2.66. The van der Waals surface area contributed by atoms with Crippen molar-refractivity contribution in [2.24, 2.45) is 5.92 Å². The van der Waals surface area contributed by atoms with Crippen molar-refractivity contribution in [2.75, 3.05) is 13.7 Å². The van der Waals surface area contributed by atoms with Crippen molar-refractivity contribution in [3.05, 3.63) is 65.2 Å². The van der Waals surface area contributed by atoms with Gasteiger partial charge in [0.1, 0.15) is 5.75 Å². The maximum absolute atomic E-state index is 12.2. The fourth-order valence-corrected chi connectivity index (χ4v) is 2.38. The molecule has 0 aliphatic carbocycles. The minimum absolute atomic E-state index is 0.115. The topological polar surface area (TPSA) is 67.4 Å². The number of carbonyl (C=O) groups excluding carboxylic acids is 2. The van der Waals surface area contributed by atoms with E-state index >= 15 is 0 Å². The standard InChI is InChI=1S/C21H26N2O3/c1-15(2)12-13-22-20(24)17-6-8-18(9-7-17)21(25)23-14-16-4-10-19(26-3)11-5-16/h4-11,15H,12-14H2,1-3H3,(H,22,24)(H,23,25). The van der Waals surface area contributed by atoms with Crippen molar-refractivity contribution < 1.29 is 14.3 Å². The maximum Gasteiger partial charge on any atom is 0.251 e. The summed E-state index contributed by atoms with van der Waals surface area (Å²) >= 11 is 0. The summed E-state index contributed by atoms with van der Waals surface area (Å²) in [5.74, 6) is 1.04. The van der Waals surface area contributed by atoms with Crippen molar-refractivity contribution in [3.63, 3.8) is 0 Å². The number of rotatable bonds is 8. The Bertz CT molecular complexity index is 722. The SMILES string of the molecule is COc1ccc(CNC(=O)c2ccc(C(=O)NCCC(C)C)cc2)cc1. The van der Waals surface area contributed by atoms with Crippen LogP contribution in [-0.4, -0.2) is 25.5 Å². The summed E-state index contributed by atoms with van der Waals surface area (Å²) in [5, 5.41) is 5.75. The molecule has 2 rings (SSSR count). The van der Waals surface area contributed by atoms with Gasteiger partial charge in [0.25, 0.3) is 11.8 Å². The minimum Gasteiger partial charge on any atom is -0.497 e. The number of hydrogen-bond donors (Lipinski definition) is 2. The highest BCUT2D eigenvalue weighted by atomic mass is 16.5. The Hall–Kier alpha value is -2.82. The Morgan fingerprint density at radius 3 is 1.92 bits per heavy atom. The molecule has 0 bridgehead atoms. The molecule has 0 heterocycles. The summed E-state index contributed by atoms with van der Waals surface area (Å²) < 4.78 is 5.11. The molecule has 0 aromatic heterocycles. The van der Waals surface area contributed by atoms with Crippen molar-refractivity contribution in [2.45, 2.75) is 26.8 Å². The van der Waals surface area contributed by atoms with Crippen LogP contribution in [0.25, 0.3) is 0 Å². The molecule has 0 saturated carbocycles. The molecule has 0 aliphatic heterocycles. The van der Waals surface area contributed by atoms with E-state index < -0.39 is 0 Å². The molecule has 138 valence electrons. The lowest BCUT2D eigenvalue weighted by atomic mass is 10.1. The van der Waals surface area contributed by atoms with E-state index in [9.17, 15) is 9.59 Å². The van der Waals surface area contributed by atoms with E-state index in [1.165, 1.54) is 0 Å². The number of carbonyl (C=O) groups is 2. The lowest BCUT2D eigenvalue weighted by molar-refractivity contribution is 0.0939. The molecule has 0 spiro atoms. The van der Waals surface area contributed by atoms with Crippen molar-refractivity contribution in [1.29, 1.82) is 0 Å². The van der Waals surface area contributed by atoms with Gasteiger partial charge in [-0.15, -0.1) is 0 Å². The van der Waals surface area contributed by atoms with Gasteiger partial charge in [0, 0.05) is 24.2 Å². The molecular formula is C21H26N2O3. The normalized spacial score (nSPS) is 10.5. The van der Waals surface area contributed by atoms with Crippen LogP contribution < -0.4 is 15.4 Å². The molecule has 5 heteroatoms. The number of hydrogen-bond acceptors (Lipinski definition) is 3. The van der Waals surface area contributed by atoms with Crippen LogP contribution in [0.5, 0.6) is 5.75 Å². The largest absolute Gasteiger partial charge is 0.497 e. The highest BCUT2D eigenvalue weighted by Crippen LogP contribution is 2.11. The Morgan fingerprint density at radius 2 is 1.42 bits per heavy atom. The monoisotopic (exact) mass is 354 g/mol. The molecule has 2 aromatic carbocycles. The zero-order valence-electron chi connectivity index (χ0n) is 15.5. The van der Waals surface area contributed by atoms with Crippen molar-refractivity contribution in [1.82, 2.24) is 10.6 Å². The Labute approximate surface area is 154 Å². The lowest BCUT2D eigenvalue weighted by Gasteiger charge is -2.09. The molecule has 0 aliphatic rings. The third-order valence-corrected chi connectivity index (χ3v) is 4.03. The van der Waals surface area contributed by atoms with Gasteiger partial charge >= 0.3 is 0 Å². The number of nitrogens with one attached hydrogen (secondary N) is 2. The Balaban J connectivity index is 1.86. The molecule has 0 atom stereocenters. The van der Waals surface area contributed by atoms with Crippen LogP contribution in [0, 0.1) is 5.92 Å². The second-order valence-electron chi connectivity index (χ2n) is 6.55. The molecule has 0 fully saturated rings. The number of methoxy groups -OCH3 is 1. The third kappa shape index (κ3) is 5.92. The van der Waals surface area contributed by atoms with Gasteiger partial charge in [0.05, 0.1) is 7.11 Å². The van der Waals surface area contributed by atoms with Gasteiger partial charge in [-0.25, -0.2) is 0 Å². The molecule has 0 saturated heterocycles. The first kappa shape index (κ1) is 19.5. The summed E-state index contributed by atoms with van der Waals surface area (Å²) in [6, 6.07) is 14.2. The number of benzene rings is 2. The molecule has 2 N–H and O–H groups in total. The molecule has 2 amide bonds. The van der Waals surface area contributed by atoms with Crippen LogP contribution in [0.1, 0.15) is 46.5 Å². The first-order valence-corrected chi connectivity index (χ1v) is 8.79. The third-order valence-electron chi connectivity index (χ3n) is 4.03. The highest BCUT2D eigenvalue weighted by Gasteiger charge is 2.09. The zero-order valence-corrected chi connectivity index (χ0v) is 15.5. The molecule has 0 radical (unpaired) electrons. The second kappa shape index (κ2) is 9.61. The maximum atomic E-state index is 12.2.